The Morgan fingerprint density at radius 2 is 2.35 bits per heavy atom. The lowest BCUT2D eigenvalue weighted by Crippen LogP contribution is -2.14. The molecule has 0 saturated heterocycles. The molecule has 0 saturated carbocycles. The fraction of sp³-hybridized carbons (Fsp3) is 0.250. The van der Waals surface area contributed by atoms with E-state index < -0.39 is 0 Å². The second-order valence-electron chi connectivity index (χ2n) is 3.92. The SMILES string of the molecule is COc1cc(CSc2nc(C)ns2)ccc1/C(N)=N/O. The number of rotatable bonds is 5. The number of hydrogen-bond acceptors (Lipinski definition) is 7. The van der Waals surface area contributed by atoms with E-state index in [2.05, 4.69) is 14.5 Å². The summed E-state index contributed by atoms with van der Waals surface area (Å²) in [4.78, 5) is 4.29. The summed E-state index contributed by atoms with van der Waals surface area (Å²) in [6, 6.07) is 5.56. The molecular weight excluding hydrogens is 296 g/mol. The Hall–Kier alpha value is -1.80. The molecule has 8 heteroatoms. The highest BCUT2D eigenvalue weighted by Gasteiger charge is 2.09. The molecule has 1 aromatic carbocycles. The molecule has 0 amide bonds. The Balaban J connectivity index is 2.13. The first-order valence-electron chi connectivity index (χ1n) is 5.72. The van der Waals surface area contributed by atoms with E-state index in [1.54, 1.807) is 24.9 Å². The zero-order valence-electron chi connectivity index (χ0n) is 11.0. The van der Waals surface area contributed by atoms with E-state index in [1.807, 2.05) is 19.1 Å². The number of methoxy groups -OCH3 is 1. The Morgan fingerprint density at radius 1 is 1.55 bits per heavy atom. The van der Waals surface area contributed by atoms with Crippen molar-refractivity contribution >= 4 is 29.1 Å². The fourth-order valence-corrected chi connectivity index (χ4v) is 3.16. The number of amidine groups is 1. The van der Waals surface area contributed by atoms with Crippen molar-refractivity contribution in [3.63, 3.8) is 0 Å². The predicted octanol–water partition coefficient (Wildman–Crippen LogP) is 2.24. The van der Waals surface area contributed by atoms with Crippen molar-refractivity contribution in [1.82, 2.24) is 9.36 Å². The summed E-state index contributed by atoms with van der Waals surface area (Å²) in [7, 11) is 1.55. The second-order valence-corrected chi connectivity index (χ2v) is 5.89. The van der Waals surface area contributed by atoms with E-state index in [1.165, 1.54) is 11.5 Å². The molecule has 1 aromatic heterocycles. The van der Waals surface area contributed by atoms with Crippen LogP contribution in [0.3, 0.4) is 0 Å². The van der Waals surface area contributed by atoms with Crippen LogP contribution in [0.2, 0.25) is 0 Å². The van der Waals surface area contributed by atoms with Crippen LogP contribution in [0.15, 0.2) is 27.7 Å². The molecule has 0 aliphatic rings. The average molecular weight is 310 g/mol. The van der Waals surface area contributed by atoms with E-state index in [4.69, 9.17) is 15.7 Å². The van der Waals surface area contributed by atoms with Crippen LogP contribution >= 0.6 is 23.3 Å². The highest BCUT2D eigenvalue weighted by Crippen LogP contribution is 2.27. The molecule has 0 aliphatic carbocycles. The van der Waals surface area contributed by atoms with Gasteiger partial charge in [0.05, 0.1) is 12.7 Å². The van der Waals surface area contributed by atoms with Gasteiger partial charge in [0.1, 0.15) is 11.6 Å². The van der Waals surface area contributed by atoms with E-state index in [0.29, 0.717) is 11.3 Å². The average Bonchev–Trinajstić information content (AvgIpc) is 2.89. The van der Waals surface area contributed by atoms with Crippen molar-refractivity contribution in [2.24, 2.45) is 10.9 Å². The molecule has 0 aliphatic heterocycles. The number of thioether (sulfide) groups is 1. The third-order valence-corrected chi connectivity index (χ3v) is 4.52. The maximum Gasteiger partial charge on any atom is 0.173 e. The van der Waals surface area contributed by atoms with Crippen LogP contribution in [-0.2, 0) is 5.75 Å². The minimum absolute atomic E-state index is 0.0285. The maximum absolute atomic E-state index is 8.72. The Kier molecular flexibility index (Phi) is 4.80. The van der Waals surface area contributed by atoms with Gasteiger partial charge in [-0.15, -0.1) is 0 Å². The minimum Gasteiger partial charge on any atom is -0.496 e. The van der Waals surface area contributed by atoms with Gasteiger partial charge in [-0.2, -0.15) is 4.37 Å². The van der Waals surface area contributed by atoms with Gasteiger partial charge in [0.25, 0.3) is 0 Å². The number of aryl methyl sites for hydroxylation is 1. The van der Waals surface area contributed by atoms with Gasteiger partial charge in [-0.05, 0) is 36.2 Å². The van der Waals surface area contributed by atoms with E-state index >= 15 is 0 Å². The smallest absolute Gasteiger partial charge is 0.173 e. The van der Waals surface area contributed by atoms with Gasteiger partial charge in [0.15, 0.2) is 10.2 Å². The summed E-state index contributed by atoms with van der Waals surface area (Å²) in [6.45, 7) is 1.87. The third kappa shape index (κ3) is 3.40. The van der Waals surface area contributed by atoms with Gasteiger partial charge in [-0.3, -0.25) is 0 Å². The summed E-state index contributed by atoms with van der Waals surface area (Å²) >= 11 is 3.00. The monoisotopic (exact) mass is 310 g/mol. The fourth-order valence-electron chi connectivity index (χ4n) is 1.57. The van der Waals surface area contributed by atoms with Crippen LogP contribution in [-0.4, -0.2) is 27.5 Å². The Bertz CT molecular complexity index is 628. The summed E-state index contributed by atoms with van der Waals surface area (Å²) in [5.74, 6) is 2.14. The van der Waals surface area contributed by atoms with Crippen molar-refractivity contribution in [3.05, 3.63) is 35.2 Å². The van der Waals surface area contributed by atoms with Crippen LogP contribution in [0.4, 0.5) is 0 Å². The van der Waals surface area contributed by atoms with E-state index in [0.717, 1.165) is 21.5 Å². The molecule has 0 radical (unpaired) electrons. The molecule has 1 heterocycles. The second kappa shape index (κ2) is 6.58. The number of benzene rings is 1. The summed E-state index contributed by atoms with van der Waals surface area (Å²) in [6.07, 6.45) is 0. The first-order chi connectivity index (χ1) is 9.63. The molecule has 0 unspecified atom stereocenters. The van der Waals surface area contributed by atoms with E-state index in [-0.39, 0.29) is 5.84 Å². The van der Waals surface area contributed by atoms with Gasteiger partial charge in [0.2, 0.25) is 0 Å². The minimum atomic E-state index is 0.0285. The quantitative estimate of drug-likeness (QED) is 0.289. The molecule has 0 atom stereocenters. The van der Waals surface area contributed by atoms with Gasteiger partial charge >= 0.3 is 0 Å². The molecule has 2 aromatic rings. The lowest BCUT2D eigenvalue weighted by atomic mass is 10.1. The van der Waals surface area contributed by atoms with Crippen LogP contribution in [0, 0.1) is 6.92 Å². The molecule has 0 fully saturated rings. The van der Waals surface area contributed by atoms with Crippen LogP contribution in [0.25, 0.3) is 0 Å². The number of nitrogens with zero attached hydrogens (tertiary/aromatic N) is 3. The van der Waals surface area contributed by atoms with Crippen molar-refractivity contribution in [1.29, 1.82) is 0 Å². The van der Waals surface area contributed by atoms with Gasteiger partial charge < -0.3 is 15.7 Å². The Morgan fingerprint density at radius 3 is 2.95 bits per heavy atom. The largest absolute Gasteiger partial charge is 0.496 e. The maximum atomic E-state index is 8.72. The van der Waals surface area contributed by atoms with Crippen molar-refractivity contribution < 1.29 is 9.94 Å². The van der Waals surface area contributed by atoms with Crippen molar-refractivity contribution in [2.75, 3.05) is 7.11 Å². The molecule has 3 N–H and O–H groups in total. The number of aromatic nitrogens is 2. The standard InChI is InChI=1S/C12H14N4O2S2/c1-7-14-12(20-16-7)19-6-8-3-4-9(11(13)15-17)10(5-8)18-2/h3-5,17H,6H2,1-2H3,(H2,13,15). The lowest BCUT2D eigenvalue weighted by Gasteiger charge is -2.09. The number of oxime groups is 1. The van der Waals surface area contributed by atoms with Crippen molar-refractivity contribution in [2.45, 2.75) is 17.0 Å². The first kappa shape index (κ1) is 14.6. The highest BCUT2D eigenvalue weighted by atomic mass is 32.2. The van der Waals surface area contributed by atoms with Gasteiger partial charge in [0, 0.05) is 5.75 Å². The molecule has 0 bridgehead atoms. The molecule has 2 rings (SSSR count). The predicted molar refractivity (Wildman–Crippen MR) is 79.7 cm³/mol. The number of ether oxygens (including phenoxy) is 1. The van der Waals surface area contributed by atoms with Gasteiger partial charge in [-0.25, -0.2) is 4.98 Å². The highest BCUT2D eigenvalue weighted by molar-refractivity contribution is 8.00. The van der Waals surface area contributed by atoms with Crippen molar-refractivity contribution in [3.8, 4) is 5.75 Å². The van der Waals surface area contributed by atoms with Gasteiger partial charge in [-0.1, -0.05) is 23.0 Å². The molecule has 6 nitrogen and oxygen atoms in total. The summed E-state index contributed by atoms with van der Waals surface area (Å²) in [5, 5.41) is 11.7. The third-order valence-electron chi connectivity index (χ3n) is 2.52. The van der Waals surface area contributed by atoms with Crippen LogP contribution in [0.5, 0.6) is 5.75 Å². The molecule has 0 spiro atoms. The zero-order chi connectivity index (χ0) is 14.5. The van der Waals surface area contributed by atoms with Crippen LogP contribution in [0.1, 0.15) is 17.0 Å². The molecule has 20 heavy (non-hydrogen) atoms. The first-order valence-corrected chi connectivity index (χ1v) is 7.48. The lowest BCUT2D eigenvalue weighted by molar-refractivity contribution is 0.318. The number of nitrogens with two attached hydrogens (primary N) is 1. The summed E-state index contributed by atoms with van der Waals surface area (Å²) < 4.78 is 10.3. The topological polar surface area (TPSA) is 93.6 Å². The zero-order valence-corrected chi connectivity index (χ0v) is 12.7. The summed E-state index contributed by atoms with van der Waals surface area (Å²) in [5.41, 5.74) is 7.22. The molecular formula is C12H14N4O2S2. The van der Waals surface area contributed by atoms with E-state index in [9.17, 15) is 0 Å². The normalized spacial score (nSPS) is 11.6. The molecule has 106 valence electrons. The number of hydrogen-bond donors (Lipinski definition) is 2. The Labute approximate surface area is 124 Å². The van der Waals surface area contributed by atoms with Crippen LogP contribution < -0.4 is 10.5 Å².